The lowest BCUT2D eigenvalue weighted by atomic mass is 10.1. The lowest BCUT2D eigenvalue weighted by Crippen LogP contribution is -2.32. The molecule has 0 fully saturated rings. The zero-order chi connectivity index (χ0) is 31.5. The Morgan fingerprint density at radius 1 is 0.884 bits per heavy atom. The van der Waals surface area contributed by atoms with Gasteiger partial charge in [0.1, 0.15) is 29.7 Å². The molecule has 3 aromatic rings. The third-order valence-electron chi connectivity index (χ3n) is 6.83. The maximum Gasteiger partial charge on any atom is 0.320 e. The third kappa shape index (κ3) is 13.2. The first-order chi connectivity index (χ1) is 20.8. The smallest absolute Gasteiger partial charge is 0.320 e. The molecule has 0 saturated carbocycles. The van der Waals surface area contributed by atoms with Crippen LogP contribution in [-0.4, -0.2) is 60.7 Å². The summed E-state index contributed by atoms with van der Waals surface area (Å²) in [5.41, 5.74) is 14.2. The molecule has 3 aromatic carbocycles. The number of primary amides is 1. The summed E-state index contributed by atoms with van der Waals surface area (Å²) >= 11 is 0. The number of nitrogens with two attached hydrogens (primary N) is 2. The van der Waals surface area contributed by atoms with Gasteiger partial charge in [0.15, 0.2) is 0 Å². The highest BCUT2D eigenvalue weighted by Gasteiger charge is 2.15. The molecule has 9 nitrogen and oxygen atoms in total. The average molecular weight is 593 g/mol. The third-order valence-corrected chi connectivity index (χ3v) is 6.83. The van der Waals surface area contributed by atoms with E-state index >= 15 is 0 Å². The molecule has 0 heterocycles. The van der Waals surface area contributed by atoms with Crippen LogP contribution in [0.5, 0.6) is 11.5 Å². The molecule has 0 aliphatic carbocycles. The van der Waals surface area contributed by atoms with Gasteiger partial charge in [-0.15, -0.1) is 0 Å². The van der Waals surface area contributed by atoms with Crippen molar-refractivity contribution in [3.05, 3.63) is 89.5 Å². The zero-order valence-electron chi connectivity index (χ0n) is 25.8. The fourth-order valence-electron chi connectivity index (χ4n) is 4.27. The lowest BCUT2D eigenvalue weighted by molar-refractivity contribution is -0.138. The second-order valence-corrected chi connectivity index (χ2v) is 10.1. The van der Waals surface area contributed by atoms with Gasteiger partial charge < -0.3 is 36.3 Å². The van der Waals surface area contributed by atoms with Crippen molar-refractivity contribution in [3.8, 4) is 11.5 Å². The fourth-order valence-corrected chi connectivity index (χ4v) is 4.27. The molecular weight excluding hydrogens is 544 g/mol. The van der Waals surface area contributed by atoms with Gasteiger partial charge in [-0.05, 0) is 67.7 Å². The van der Waals surface area contributed by atoms with Crippen LogP contribution in [0, 0.1) is 0 Å². The lowest BCUT2D eigenvalue weighted by Gasteiger charge is -2.18. The topological polar surface area (TPSA) is 140 Å². The predicted octanol–water partition coefficient (Wildman–Crippen LogP) is 5.33. The number of ether oxygens (including phenoxy) is 2. The summed E-state index contributed by atoms with van der Waals surface area (Å²) in [6.45, 7) is 11.4. The summed E-state index contributed by atoms with van der Waals surface area (Å²) in [4.78, 5) is 24.8. The first-order valence-corrected chi connectivity index (χ1v) is 15.0. The van der Waals surface area contributed by atoms with Gasteiger partial charge in [0.2, 0.25) is 0 Å². The molecule has 1 atom stereocenters. The van der Waals surface area contributed by atoms with E-state index in [9.17, 15) is 9.59 Å². The van der Waals surface area contributed by atoms with Crippen molar-refractivity contribution in [2.45, 2.75) is 59.1 Å². The van der Waals surface area contributed by atoms with E-state index in [1.807, 2.05) is 72.8 Å². The number of hydrogen-bond donors (Lipinski definition) is 4. The van der Waals surface area contributed by atoms with E-state index in [4.69, 9.17) is 26.0 Å². The summed E-state index contributed by atoms with van der Waals surface area (Å²) in [5.74, 6) is -0.127. The number of carbonyl (C=O) groups is 2. The molecule has 6 N–H and O–H groups in total. The van der Waals surface area contributed by atoms with Crippen LogP contribution < -0.4 is 26.3 Å². The molecular formula is C34H48N4O5. The Hall–Kier alpha value is -4.08. The van der Waals surface area contributed by atoms with Crippen LogP contribution in [0.25, 0.3) is 0 Å². The van der Waals surface area contributed by atoms with E-state index in [0.29, 0.717) is 30.9 Å². The fraction of sp³-hybridized carbons (Fsp3) is 0.412. The maximum atomic E-state index is 11.8. The van der Waals surface area contributed by atoms with Crippen molar-refractivity contribution in [1.82, 2.24) is 4.90 Å². The van der Waals surface area contributed by atoms with Crippen molar-refractivity contribution >= 4 is 17.6 Å². The molecule has 0 spiro atoms. The van der Waals surface area contributed by atoms with Crippen molar-refractivity contribution in [3.63, 3.8) is 0 Å². The number of carbonyl (C=O) groups excluding carboxylic acids is 1. The number of amides is 1. The molecule has 0 aliphatic heterocycles. The number of benzene rings is 3. The standard InChI is InChI=1S/C18H31N3O2.C16H17NO3/c1-4-7-12-20-15-10-8-11-16(17(15)18(19)22)23-14-9-13-21(5-2)6-3;17-15(16(18)19)10-12-6-8-14(9-7-12)20-11-13-4-2-1-3-5-13/h8,10-11,20H,4-7,9,12-14H2,1-3H3,(H2,19,22);1-9,15H,10-11,17H2,(H,18,19)/t;15-/m.1/s1. The van der Waals surface area contributed by atoms with Crippen LogP contribution >= 0.6 is 0 Å². The van der Waals surface area contributed by atoms with E-state index in [0.717, 1.165) is 68.0 Å². The van der Waals surface area contributed by atoms with Crippen LogP contribution in [0.2, 0.25) is 0 Å². The van der Waals surface area contributed by atoms with Gasteiger partial charge in [0.05, 0.1) is 12.3 Å². The second kappa shape index (κ2) is 19.9. The van der Waals surface area contributed by atoms with Crippen LogP contribution in [0.1, 0.15) is 61.5 Å². The normalized spacial score (nSPS) is 11.3. The Kier molecular flexibility index (Phi) is 16.3. The highest BCUT2D eigenvalue weighted by atomic mass is 16.5. The van der Waals surface area contributed by atoms with Crippen LogP contribution in [0.3, 0.4) is 0 Å². The minimum Gasteiger partial charge on any atom is -0.493 e. The molecule has 0 aromatic heterocycles. The molecule has 234 valence electrons. The molecule has 0 bridgehead atoms. The van der Waals surface area contributed by atoms with Crippen molar-refractivity contribution in [1.29, 1.82) is 0 Å². The van der Waals surface area contributed by atoms with Crippen LogP contribution in [0.15, 0.2) is 72.8 Å². The zero-order valence-corrected chi connectivity index (χ0v) is 25.8. The van der Waals surface area contributed by atoms with E-state index in [-0.39, 0.29) is 0 Å². The summed E-state index contributed by atoms with van der Waals surface area (Å²) < 4.78 is 11.5. The minimum absolute atomic E-state index is 0.314. The minimum atomic E-state index is -0.991. The number of rotatable bonds is 18. The summed E-state index contributed by atoms with van der Waals surface area (Å²) in [6, 6.07) is 21.9. The monoisotopic (exact) mass is 592 g/mol. The van der Waals surface area contributed by atoms with Crippen LogP contribution in [0.4, 0.5) is 5.69 Å². The number of anilines is 1. The predicted molar refractivity (Wildman–Crippen MR) is 173 cm³/mol. The Bertz CT molecular complexity index is 1220. The van der Waals surface area contributed by atoms with Crippen LogP contribution in [-0.2, 0) is 17.8 Å². The maximum absolute atomic E-state index is 11.8. The van der Waals surface area contributed by atoms with Crippen molar-refractivity contribution in [2.75, 3.05) is 38.1 Å². The summed E-state index contributed by atoms with van der Waals surface area (Å²) in [6.07, 6.45) is 3.38. The van der Waals surface area contributed by atoms with Gasteiger partial charge in [0, 0.05) is 13.1 Å². The molecule has 0 saturated heterocycles. The Balaban J connectivity index is 0.000000303. The molecule has 9 heteroatoms. The van der Waals surface area contributed by atoms with Crippen molar-refractivity contribution < 1.29 is 24.2 Å². The van der Waals surface area contributed by atoms with E-state index < -0.39 is 17.9 Å². The molecule has 0 radical (unpaired) electrons. The largest absolute Gasteiger partial charge is 0.493 e. The van der Waals surface area contributed by atoms with Gasteiger partial charge in [-0.1, -0.05) is 75.7 Å². The first kappa shape index (κ1) is 35.1. The van der Waals surface area contributed by atoms with E-state index in [1.165, 1.54) is 0 Å². The Morgan fingerprint density at radius 2 is 1.58 bits per heavy atom. The van der Waals surface area contributed by atoms with E-state index in [1.54, 1.807) is 0 Å². The number of carboxylic acids is 1. The quantitative estimate of drug-likeness (QED) is 0.145. The van der Waals surface area contributed by atoms with Gasteiger partial charge >= 0.3 is 5.97 Å². The SMILES string of the molecule is CCCCNc1cccc(OCCCN(CC)CC)c1C(N)=O.N[C@H](Cc1ccc(OCc2ccccc2)cc1)C(=O)O. The molecule has 0 aliphatic rings. The van der Waals surface area contributed by atoms with Gasteiger partial charge in [-0.2, -0.15) is 0 Å². The number of hydrogen-bond acceptors (Lipinski definition) is 7. The average Bonchev–Trinajstić information content (AvgIpc) is 3.01. The Labute approximate surface area is 256 Å². The molecule has 3 rings (SSSR count). The van der Waals surface area contributed by atoms with Gasteiger partial charge in [-0.3, -0.25) is 9.59 Å². The summed E-state index contributed by atoms with van der Waals surface area (Å²) in [5, 5.41) is 12.0. The second-order valence-electron chi connectivity index (χ2n) is 10.1. The van der Waals surface area contributed by atoms with E-state index in [2.05, 4.69) is 31.0 Å². The van der Waals surface area contributed by atoms with Gasteiger partial charge in [-0.25, -0.2) is 0 Å². The molecule has 1 amide bonds. The first-order valence-electron chi connectivity index (χ1n) is 15.0. The Morgan fingerprint density at radius 3 is 2.19 bits per heavy atom. The molecule has 43 heavy (non-hydrogen) atoms. The number of nitrogens with one attached hydrogen (secondary N) is 1. The number of aliphatic carboxylic acids is 1. The highest BCUT2D eigenvalue weighted by Crippen LogP contribution is 2.26. The van der Waals surface area contributed by atoms with Crippen molar-refractivity contribution in [2.24, 2.45) is 11.5 Å². The summed E-state index contributed by atoms with van der Waals surface area (Å²) in [7, 11) is 0. The number of unbranched alkanes of at least 4 members (excludes halogenated alkanes) is 1. The number of nitrogens with zero attached hydrogens (tertiary/aromatic N) is 1. The highest BCUT2D eigenvalue weighted by molar-refractivity contribution is 6.01. The molecule has 0 unspecified atom stereocenters. The number of carboxylic acid groups (broad SMARTS) is 1. The van der Waals surface area contributed by atoms with Gasteiger partial charge in [0.25, 0.3) is 5.91 Å².